The summed E-state index contributed by atoms with van der Waals surface area (Å²) in [5.41, 5.74) is 0. The Morgan fingerprint density at radius 2 is 2.31 bits per heavy atom. The number of carbonyl (C=O) groups excluding carboxylic acids is 1. The van der Waals surface area contributed by atoms with Crippen molar-refractivity contribution in [3.05, 3.63) is 0 Å². The molecule has 2 atom stereocenters. The predicted molar refractivity (Wildman–Crippen MR) is 59.0 cm³/mol. The lowest BCUT2D eigenvalue weighted by molar-refractivity contribution is -0.123. The Bertz CT molecular complexity index is 243. The van der Waals surface area contributed by atoms with Crippen LogP contribution in [0.1, 0.15) is 19.3 Å². The van der Waals surface area contributed by atoms with Gasteiger partial charge in [-0.1, -0.05) is 0 Å². The molecule has 5 heteroatoms. The maximum absolute atomic E-state index is 11.6. The SMILES string of the molecule is O=C(NCCOCC1CC1)C1CC(O)CN1. The van der Waals surface area contributed by atoms with Crippen molar-refractivity contribution in [1.82, 2.24) is 10.6 Å². The van der Waals surface area contributed by atoms with E-state index < -0.39 is 0 Å². The molecule has 1 saturated heterocycles. The van der Waals surface area contributed by atoms with Gasteiger partial charge in [-0.2, -0.15) is 0 Å². The molecule has 1 amide bonds. The summed E-state index contributed by atoms with van der Waals surface area (Å²) in [4.78, 5) is 11.6. The number of nitrogens with one attached hydrogen (secondary N) is 2. The summed E-state index contributed by atoms with van der Waals surface area (Å²) < 4.78 is 5.41. The van der Waals surface area contributed by atoms with Crippen LogP contribution in [0.25, 0.3) is 0 Å². The van der Waals surface area contributed by atoms with Crippen LogP contribution < -0.4 is 10.6 Å². The first-order chi connectivity index (χ1) is 7.75. The van der Waals surface area contributed by atoms with Crippen LogP contribution in [-0.2, 0) is 9.53 Å². The van der Waals surface area contributed by atoms with Crippen molar-refractivity contribution < 1.29 is 14.6 Å². The second-order valence-corrected chi connectivity index (χ2v) is 4.66. The minimum Gasteiger partial charge on any atom is -0.392 e. The van der Waals surface area contributed by atoms with Gasteiger partial charge in [0.15, 0.2) is 0 Å². The van der Waals surface area contributed by atoms with Gasteiger partial charge in [-0.25, -0.2) is 0 Å². The van der Waals surface area contributed by atoms with E-state index >= 15 is 0 Å². The first-order valence-electron chi connectivity index (χ1n) is 6.02. The third-order valence-electron chi connectivity index (χ3n) is 3.02. The highest BCUT2D eigenvalue weighted by Gasteiger charge is 2.27. The Kier molecular flexibility index (Phi) is 4.15. The maximum Gasteiger partial charge on any atom is 0.237 e. The van der Waals surface area contributed by atoms with Gasteiger partial charge in [0.1, 0.15) is 0 Å². The average molecular weight is 228 g/mol. The molecule has 0 spiro atoms. The maximum atomic E-state index is 11.6. The predicted octanol–water partition coefficient (Wildman–Crippen LogP) is -0.748. The molecule has 2 rings (SSSR count). The standard InChI is InChI=1S/C11H20N2O3/c14-9-5-10(13-6-9)11(15)12-3-4-16-7-8-1-2-8/h8-10,13-14H,1-7H2,(H,12,15). The highest BCUT2D eigenvalue weighted by Crippen LogP contribution is 2.28. The summed E-state index contributed by atoms with van der Waals surface area (Å²) in [5.74, 6) is 0.730. The summed E-state index contributed by atoms with van der Waals surface area (Å²) in [5, 5.41) is 15.0. The number of aliphatic hydroxyl groups excluding tert-OH is 1. The number of carbonyl (C=O) groups is 1. The molecule has 92 valence electrons. The van der Waals surface area contributed by atoms with E-state index in [0.29, 0.717) is 26.1 Å². The molecular formula is C11H20N2O3. The minimum absolute atomic E-state index is 0.0356. The Morgan fingerprint density at radius 3 is 2.94 bits per heavy atom. The topological polar surface area (TPSA) is 70.6 Å². The fourth-order valence-electron chi connectivity index (χ4n) is 1.82. The van der Waals surface area contributed by atoms with Gasteiger partial charge in [-0.3, -0.25) is 4.79 Å². The fourth-order valence-corrected chi connectivity index (χ4v) is 1.82. The smallest absolute Gasteiger partial charge is 0.237 e. The van der Waals surface area contributed by atoms with Crippen LogP contribution in [0.2, 0.25) is 0 Å². The Balaban J connectivity index is 1.49. The van der Waals surface area contributed by atoms with Crippen molar-refractivity contribution in [2.45, 2.75) is 31.4 Å². The minimum atomic E-state index is -0.387. The zero-order chi connectivity index (χ0) is 11.4. The van der Waals surface area contributed by atoms with E-state index in [9.17, 15) is 9.90 Å². The second kappa shape index (κ2) is 5.61. The first kappa shape index (κ1) is 11.8. The number of ether oxygens (including phenoxy) is 1. The monoisotopic (exact) mass is 228 g/mol. The molecule has 16 heavy (non-hydrogen) atoms. The molecule has 1 heterocycles. The summed E-state index contributed by atoms with van der Waals surface area (Å²) in [6.07, 6.45) is 2.70. The number of rotatable bonds is 6. The molecule has 2 unspecified atom stereocenters. The summed E-state index contributed by atoms with van der Waals surface area (Å²) in [6, 6.07) is -0.238. The lowest BCUT2D eigenvalue weighted by Gasteiger charge is -2.10. The molecule has 0 bridgehead atoms. The first-order valence-corrected chi connectivity index (χ1v) is 6.02. The molecule has 5 nitrogen and oxygen atoms in total. The van der Waals surface area contributed by atoms with E-state index in [1.807, 2.05) is 0 Å². The summed E-state index contributed by atoms with van der Waals surface area (Å²) in [7, 11) is 0. The van der Waals surface area contributed by atoms with Gasteiger partial charge in [0.2, 0.25) is 5.91 Å². The molecule has 0 aromatic rings. The average Bonchev–Trinajstić information content (AvgIpc) is 2.99. The van der Waals surface area contributed by atoms with Crippen LogP contribution in [0.15, 0.2) is 0 Å². The molecule has 2 fully saturated rings. The molecule has 2 aliphatic rings. The second-order valence-electron chi connectivity index (χ2n) is 4.66. The van der Waals surface area contributed by atoms with E-state index in [1.54, 1.807) is 0 Å². The van der Waals surface area contributed by atoms with E-state index in [4.69, 9.17) is 4.74 Å². The highest BCUT2D eigenvalue weighted by atomic mass is 16.5. The van der Waals surface area contributed by atoms with Crippen molar-refractivity contribution in [2.24, 2.45) is 5.92 Å². The number of hydrogen-bond acceptors (Lipinski definition) is 4. The van der Waals surface area contributed by atoms with Gasteiger partial charge in [0.05, 0.1) is 18.8 Å². The summed E-state index contributed by atoms with van der Waals surface area (Å²) >= 11 is 0. The van der Waals surface area contributed by atoms with E-state index in [1.165, 1.54) is 12.8 Å². The molecule has 0 aromatic heterocycles. The highest BCUT2D eigenvalue weighted by molar-refractivity contribution is 5.82. The van der Waals surface area contributed by atoms with Crippen molar-refractivity contribution >= 4 is 5.91 Å². The fraction of sp³-hybridized carbons (Fsp3) is 0.909. The lowest BCUT2D eigenvalue weighted by Crippen LogP contribution is -2.41. The van der Waals surface area contributed by atoms with Crippen molar-refractivity contribution in [3.8, 4) is 0 Å². The number of hydrogen-bond donors (Lipinski definition) is 3. The van der Waals surface area contributed by atoms with Crippen molar-refractivity contribution in [3.63, 3.8) is 0 Å². The largest absolute Gasteiger partial charge is 0.392 e. The molecule has 1 aliphatic carbocycles. The van der Waals surface area contributed by atoms with E-state index in [2.05, 4.69) is 10.6 Å². The Labute approximate surface area is 95.5 Å². The number of aliphatic hydroxyl groups is 1. The van der Waals surface area contributed by atoms with Crippen molar-refractivity contribution in [2.75, 3.05) is 26.3 Å². The normalized spacial score (nSPS) is 29.3. The van der Waals surface area contributed by atoms with Gasteiger partial charge in [-0.05, 0) is 25.2 Å². The third kappa shape index (κ3) is 3.73. The molecule has 0 radical (unpaired) electrons. The van der Waals surface area contributed by atoms with Crippen LogP contribution in [0.4, 0.5) is 0 Å². The van der Waals surface area contributed by atoms with Gasteiger partial charge >= 0.3 is 0 Å². The van der Waals surface area contributed by atoms with E-state index in [0.717, 1.165) is 12.5 Å². The Hall–Kier alpha value is -0.650. The van der Waals surface area contributed by atoms with Crippen molar-refractivity contribution in [1.29, 1.82) is 0 Å². The Morgan fingerprint density at radius 1 is 1.50 bits per heavy atom. The van der Waals surface area contributed by atoms with Gasteiger partial charge in [-0.15, -0.1) is 0 Å². The van der Waals surface area contributed by atoms with Crippen LogP contribution in [0.5, 0.6) is 0 Å². The third-order valence-corrected chi connectivity index (χ3v) is 3.02. The van der Waals surface area contributed by atoms with Gasteiger partial charge in [0.25, 0.3) is 0 Å². The molecule has 0 aromatic carbocycles. The lowest BCUT2D eigenvalue weighted by atomic mass is 10.2. The molecule has 1 saturated carbocycles. The quantitative estimate of drug-likeness (QED) is 0.523. The molecule has 1 aliphatic heterocycles. The van der Waals surface area contributed by atoms with E-state index in [-0.39, 0.29) is 18.1 Å². The van der Waals surface area contributed by atoms with Gasteiger partial charge < -0.3 is 20.5 Å². The molecular weight excluding hydrogens is 208 g/mol. The van der Waals surface area contributed by atoms with Crippen LogP contribution >= 0.6 is 0 Å². The zero-order valence-corrected chi connectivity index (χ0v) is 9.45. The van der Waals surface area contributed by atoms with Crippen LogP contribution in [0, 0.1) is 5.92 Å². The zero-order valence-electron chi connectivity index (χ0n) is 9.45. The van der Waals surface area contributed by atoms with Gasteiger partial charge in [0, 0.05) is 19.7 Å². The summed E-state index contributed by atoms with van der Waals surface area (Å²) in [6.45, 7) is 2.48. The van der Waals surface area contributed by atoms with Crippen LogP contribution in [-0.4, -0.2) is 49.5 Å². The number of β-amino-alcohol motifs (C(OH)–C–C–N with tert-alkyl or cyclic N) is 1. The van der Waals surface area contributed by atoms with Crippen LogP contribution in [0.3, 0.4) is 0 Å². The molecule has 3 N–H and O–H groups in total. The number of amides is 1.